The van der Waals surface area contributed by atoms with Crippen molar-refractivity contribution in [2.45, 2.75) is 39.2 Å². The van der Waals surface area contributed by atoms with E-state index in [4.69, 9.17) is 0 Å². The van der Waals surface area contributed by atoms with Gasteiger partial charge in [-0.3, -0.25) is 0 Å². The van der Waals surface area contributed by atoms with Crippen molar-refractivity contribution in [2.24, 2.45) is 11.8 Å². The standard InChI is InChI=1S/C9H19N/c1-7-4-5-9(10-3)8(2)6-7/h7-10H,4-6H2,1-3H3/t7-,8+,9?/m0/s1. The Bertz CT molecular complexity index is 101. The van der Waals surface area contributed by atoms with Crippen molar-refractivity contribution in [1.29, 1.82) is 0 Å². The maximum absolute atomic E-state index is 3.37. The van der Waals surface area contributed by atoms with Crippen molar-refractivity contribution < 1.29 is 0 Å². The van der Waals surface area contributed by atoms with E-state index in [-0.39, 0.29) is 0 Å². The quantitative estimate of drug-likeness (QED) is 0.589. The number of hydrogen-bond donors (Lipinski definition) is 1. The summed E-state index contributed by atoms with van der Waals surface area (Å²) in [4.78, 5) is 0. The van der Waals surface area contributed by atoms with Gasteiger partial charge in [-0.25, -0.2) is 0 Å². The van der Waals surface area contributed by atoms with Gasteiger partial charge in [0.1, 0.15) is 0 Å². The van der Waals surface area contributed by atoms with Crippen LogP contribution in [0, 0.1) is 11.8 Å². The van der Waals surface area contributed by atoms with Crippen LogP contribution in [-0.4, -0.2) is 13.1 Å². The Kier molecular flexibility index (Phi) is 2.72. The predicted octanol–water partition coefficient (Wildman–Crippen LogP) is 2.03. The van der Waals surface area contributed by atoms with Gasteiger partial charge >= 0.3 is 0 Å². The zero-order chi connectivity index (χ0) is 7.56. The number of nitrogens with one attached hydrogen (secondary N) is 1. The average Bonchev–Trinajstić information content (AvgIpc) is 1.88. The minimum atomic E-state index is 0.788. The second-order valence-corrected chi connectivity index (χ2v) is 3.79. The third kappa shape index (κ3) is 1.72. The third-order valence-corrected chi connectivity index (χ3v) is 2.80. The van der Waals surface area contributed by atoms with Gasteiger partial charge in [0, 0.05) is 6.04 Å². The smallest absolute Gasteiger partial charge is 0.00898 e. The zero-order valence-corrected chi connectivity index (χ0v) is 7.35. The molecule has 1 nitrogen and oxygen atoms in total. The van der Waals surface area contributed by atoms with E-state index < -0.39 is 0 Å². The summed E-state index contributed by atoms with van der Waals surface area (Å²) in [6, 6.07) is 0.788. The molecule has 0 aromatic heterocycles. The molecule has 10 heavy (non-hydrogen) atoms. The van der Waals surface area contributed by atoms with Gasteiger partial charge in [-0.15, -0.1) is 0 Å². The highest BCUT2D eigenvalue weighted by Crippen LogP contribution is 2.27. The van der Waals surface area contributed by atoms with Crippen molar-refractivity contribution >= 4 is 0 Å². The van der Waals surface area contributed by atoms with Gasteiger partial charge in [0.15, 0.2) is 0 Å². The molecule has 1 aliphatic carbocycles. The molecule has 1 rings (SSSR count). The molecule has 0 bridgehead atoms. The van der Waals surface area contributed by atoms with E-state index in [1.165, 1.54) is 19.3 Å². The van der Waals surface area contributed by atoms with E-state index >= 15 is 0 Å². The average molecular weight is 141 g/mol. The maximum Gasteiger partial charge on any atom is 0.00898 e. The fourth-order valence-electron chi connectivity index (χ4n) is 2.09. The van der Waals surface area contributed by atoms with Crippen LogP contribution in [0.4, 0.5) is 0 Å². The normalized spacial score (nSPS) is 41.7. The summed E-state index contributed by atoms with van der Waals surface area (Å²) in [7, 11) is 2.08. The summed E-state index contributed by atoms with van der Waals surface area (Å²) >= 11 is 0. The highest BCUT2D eigenvalue weighted by molar-refractivity contribution is 4.79. The summed E-state index contributed by atoms with van der Waals surface area (Å²) in [5, 5.41) is 3.37. The lowest BCUT2D eigenvalue weighted by Crippen LogP contribution is -2.36. The van der Waals surface area contributed by atoms with Gasteiger partial charge in [0.2, 0.25) is 0 Å². The molecular weight excluding hydrogens is 122 g/mol. The molecule has 1 unspecified atom stereocenters. The van der Waals surface area contributed by atoms with Crippen LogP contribution in [0.2, 0.25) is 0 Å². The molecule has 0 aromatic carbocycles. The fourth-order valence-corrected chi connectivity index (χ4v) is 2.09. The Hall–Kier alpha value is -0.0400. The van der Waals surface area contributed by atoms with Gasteiger partial charge in [-0.05, 0) is 38.1 Å². The van der Waals surface area contributed by atoms with Crippen molar-refractivity contribution in [3.63, 3.8) is 0 Å². The lowest BCUT2D eigenvalue weighted by molar-refractivity contribution is 0.237. The van der Waals surface area contributed by atoms with E-state index in [1.54, 1.807) is 0 Å². The maximum atomic E-state index is 3.37. The van der Waals surface area contributed by atoms with E-state index in [0.717, 1.165) is 17.9 Å². The van der Waals surface area contributed by atoms with Crippen molar-refractivity contribution in [3.05, 3.63) is 0 Å². The molecule has 0 saturated heterocycles. The minimum Gasteiger partial charge on any atom is -0.317 e. The second kappa shape index (κ2) is 3.38. The molecule has 0 heterocycles. The molecule has 3 atom stereocenters. The van der Waals surface area contributed by atoms with Gasteiger partial charge in [0.25, 0.3) is 0 Å². The van der Waals surface area contributed by atoms with Crippen molar-refractivity contribution in [3.8, 4) is 0 Å². The Morgan fingerprint density at radius 3 is 2.40 bits per heavy atom. The van der Waals surface area contributed by atoms with Crippen LogP contribution in [0.15, 0.2) is 0 Å². The molecule has 0 amide bonds. The van der Waals surface area contributed by atoms with Crippen LogP contribution in [-0.2, 0) is 0 Å². The Balaban J connectivity index is 2.36. The highest BCUT2D eigenvalue weighted by Gasteiger charge is 2.23. The van der Waals surface area contributed by atoms with Crippen LogP contribution in [0.25, 0.3) is 0 Å². The Labute approximate surface area is 64.2 Å². The molecule has 1 saturated carbocycles. The third-order valence-electron chi connectivity index (χ3n) is 2.80. The summed E-state index contributed by atoms with van der Waals surface area (Å²) < 4.78 is 0. The van der Waals surface area contributed by atoms with Gasteiger partial charge in [-0.2, -0.15) is 0 Å². The first kappa shape index (κ1) is 8.06. The molecule has 0 radical (unpaired) electrons. The molecule has 0 aromatic rings. The molecule has 1 N–H and O–H groups in total. The number of hydrogen-bond acceptors (Lipinski definition) is 1. The fraction of sp³-hybridized carbons (Fsp3) is 1.00. The summed E-state index contributed by atoms with van der Waals surface area (Å²) in [6.45, 7) is 4.72. The van der Waals surface area contributed by atoms with Crippen molar-refractivity contribution in [2.75, 3.05) is 7.05 Å². The van der Waals surface area contributed by atoms with E-state index in [9.17, 15) is 0 Å². The van der Waals surface area contributed by atoms with Gasteiger partial charge < -0.3 is 5.32 Å². The van der Waals surface area contributed by atoms with Crippen LogP contribution < -0.4 is 5.32 Å². The molecule has 1 heteroatoms. The van der Waals surface area contributed by atoms with E-state index in [0.29, 0.717) is 0 Å². The molecular formula is C9H19N. The van der Waals surface area contributed by atoms with Crippen LogP contribution in [0.5, 0.6) is 0 Å². The lowest BCUT2D eigenvalue weighted by Gasteiger charge is -2.32. The zero-order valence-electron chi connectivity index (χ0n) is 7.35. The molecule has 60 valence electrons. The highest BCUT2D eigenvalue weighted by atomic mass is 14.9. The molecule has 1 fully saturated rings. The van der Waals surface area contributed by atoms with Crippen LogP contribution in [0.1, 0.15) is 33.1 Å². The van der Waals surface area contributed by atoms with Crippen molar-refractivity contribution in [1.82, 2.24) is 5.32 Å². The summed E-state index contributed by atoms with van der Waals surface area (Å²) in [6.07, 6.45) is 4.19. The molecule has 0 aliphatic heterocycles. The van der Waals surface area contributed by atoms with Gasteiger partial charge in [0.05, 0.1) is 0 Å². The number of rotatable bonds is 1. The summed E-state index contributed by atoms with van der Waals surface area (Å²) in [5.41, 5.74) is 0. The van der Waals surface area contributed by atoms with E-state index in [1.807, 2.05) is 0 Å². The van der Waals surface area contributed by atoms with Gasteiger partial charge in [-0.1, -0.05) is 13.8 Å². The Morgan fingerprint density at radius 2 is 1.90 bits per heavy atom. The minimum absolute atomic E-state index is 0.788. The first-order chi connectivity index (χ1) is 4.74. The van der Waals surface area contributed by atoms with Crippen LogP contribution in [0.3, 0.4) is 0 Å². The van der Waals surface area contributed by atoms with E-state index in [2.05, 4.69) is 26.2 Å². The van der Waals surface area contributed by atoms with Crippen LogP contribution >= 0.6 is 0 Å². The molecule has 0 spiro atoms. The lowest BCUT2D eigenvalue weighted by atomic mass is 9.80. The largest absolute Gasteiger partial charge is 0.317 e. The Morgan fingerprint density at radius 1 is 1.20 bits per heavy atom. The summed E-state index contributed by atoms with van der Waals surface area (Å²) in [5.74, 6) is 1.84. The monoisotopic (exact) mass is 141 g/mol. The second-order valence-electron chi connectivity index (χ2n) is 3.79. The molecule has 1 aliphatic rings. The SMILES string of the molecule is CNC1CC[C@H](C)C[C@H]1C. The predicted molar refractivity (Wildman–Crippen MR) is 45.0 cm³/mol. The topological polar surface area (TPSA) is 12.0 Å². The first-order valence-corrected chi connectivity index (χ1v) is 4.41. The first-order valence-electron chi connectivity index (χ1n) is 4.41.